The third-order valence-electron chi connectivity index (χ3n) is 6.78. The van der Waals surface area contributed by atoms with Gasteiger partial charge in [-0.05, 0) is 45.1 Å². The maximum Gasteiger partial charge on any atom is 0.166 e. The molecule has 0 amide bonds. The number of benzene rings is 1. The van der Waals surface area contributed by atoms with Crippen molar-refractivity contribution < 1.29 is 13.9 Å². The molecule has 0 radical (unpaired) electrons. The van der Waals surface area contributed by atoms with Crippen molar-refractivity contribution in [3.63, 3.8) is 0 Å². The van der Waals surface area contributed by atoms with Crippen molar-refractivity contribution in [2.24, 2.45) is 5.41 Å². The van der Waals surface area contributed by atoms with Crippen LogP contribution in [0.2, 0.25) is 10.0 Å². The Hall–Kier alpha value is -2.39. The van der Waals surface area contributed by atoms with Crippen molar-refractivity contribution in [3.8, 4) is 16.9 Å². The van der Waals surface area contributed by atoms with Gasteiger partial charge in [0.05, 0.1) is 35.9 Å². The molecule has 0 bridgehead atoms. The summed E-state index contributed by atoms with van der Waals surface area (Å²) in [6, 6.07) is 4.76. The van der Waals surface area contributed by atoms with Crippen LogP contribution in [-0.2, 0) is 4.74 Å². The largest absolute Gasteiger partial charge is 0.482 e. The summed E-state index contributed by atoms with van der Waals surface area (Å²) in [5.74, 6) is 0.0112. The quantitative estimate of drug-likeness (QED) is 0.491. The Morgan fingerprint density at radius 2 is 2.06 bits per heavy atom. The average molecular weight is 506 g/mol. The maximum atomic E-state index is 14.0. The van der Waals surface area contributed by atoms with Crippen molar-refractivity contribution in [1.29, 1.82) is 0 Å². The Balaban J connectivity index is 1.40. The van der Waals surface area contributed by atoms with Gasteiger partial charge in [0.1, 0.15) is 11.9 Å². The third-order valence-corrected chi connectivity index (χ3v) is 7.49. The number of ether oxygens (including phenoxy) is 2. The van der Waals surface area contributed by atoms with Crippen LogP contribution in [0, 0.1) is 11.2 Å². The number of hydrogen-bond acceptors (Lipinski definition) is 6. The molecule has 2 aliphatic heterocycles. The summed E-state index contributed by atoms with van der Waals surface area (Å²) in [6.07, 6.45) is 5.92. The van der Waals surface area contributed by atoms with Gasteiger partial charge in [-0.25, -0.2) is 9.37 Å². The number of rotatable bonds is 5. The van der Waals surface area contributed by atoms with Crippen LogP contribution in [0.25, 0.3) is 11.1 Å². The van der Waals surface area contributed by atoms with E-state index in [1.807, 2.05) is 12.4 Å². The number of halogens is 3. The molecule has 2 fully saturated rings. The van der Waals surface area contributed by atoms with Gasteiger partial charge in [-0.1, -0.05) is 23.2 Å². The number of piperidine rings is 1. The third kappa shape index (κ3) is 4.13. The summed E-state index contributed by atoms with van der Waals surface area (Å²) >= 11 is 12.4. The Morgan fingerprint density at radius 1 is 1.26 bits per heavy atom. The minimum Gasteiger partial charge on any atom is -0.482 e. The number of nitrogen functional groups attached to an aromatic ring is 1. The molecular weight excluding hydrogens is 480 g/mol. The van der Waals surface area contributed by atoms with Crippen LogP contribution in [0.4, 0.5) is 10.2 Å². The van der Waals surface area contributed by atoms with Crippen molar-refractivity contribution in [2.45, 2.75) is 25.5 Å². The number of likely N-dealkylation sites (tertiary alicyclic amines) is 1. The molecule has 2 aliphatic rings. The molecular formula is C24H26Cl2FN5O2. The van der Waals surface area contributed by atoms with Gasteiger partial charge >= 0.3 is 0 Å². The highest BCUT2D eigenvalue weighted by Crippen LogP contribution is 2.45. The van der Waals surface area contributed by atoms with Crippen molar-refractivity contribution >= 4 is 29.0 Å². The molecule has 180 valence electrons. The fourth-order valence-electron chi connectivity index (χ4n) is 4.96. The maximum absolute atomic E-state index is 14.0. The average Bonchev–Trinajstić information content (AvgIpc) is 3.27. The van der Waals surface area contributed by atoms with Crippen molar-refractivity contribution in [1.82, 2.24) is 19.7 Å². The molecule has 4 heterocycles. The van der Waals surface area contributed by atoms with E-state index in [0.29, 0.717) is 16.3 Å². The molecule has 2 saturated heterocycles. The summed E-state index contributed by atoms with van der Waals surface area (Å²) in [5, 5.41) is 4.92. The molecule has 3 aromatic rings. The smallest absolute Gasteiger partial charge is 0.166 e. The van der Waals surface area contributed by atoms with Crippen LogP contribution in [0.15, 0.2) is 36.8 Å². The van der Waals surface area contributed by atoms with Crippen LogP contribution in [0.3, 0.4) is 0 Å². The fourth-order valence-corrected chi connectivity index (χ4v) is 5.64. The van der Waals surface area contributed by atoms with Crippen LogP contribution in [0.5, 0.6) is 5.75 Å². The highest BCUT2D eigenvalue weighted by atomic mass is 35.5. The number of anilines is 1. The van der Waals surface area contributed by atoms with E-state index >= 15 is 0 Å². The molecule has 2 N–H and O–H groups in total. The van der Waals surface area contributed by atoms with E-state index in [2.05, 4.69) is 26.7 Å². The second-order valence-electron chi connectivity index (χ2n) is 9.23. The lowest BCUT2D eigenvalue weighted by molar-refractivity contribution is -0.168. The standard InChI is InChI=1S/C24H26Cl2FN5O2/c1-14(21-17(25)3-4-18(27)22(21)26)34-19-7-15(8-29-23(19)28)16-9-30-32(10-16)20-5-6-31(2)11-24(20)12-33-13-24/h3-4,7-10,14,20H,5-6,11-13H2,1-2H3,(H2,28,29). The SMILES string of the molecule is CC(Oc1cc(-c2cnn(C3CCN(C)CC34COC4)c2)cnc1N)c1c(Cl)ccc(F)c1Cl. The summed E-state index contributed by atoms with van der Waals surface area (Å²) < 4.78 is 27.6. The van der Waals surface area contributed by atoms with Gasteiger partial charge in [0, 0.05) is 40.7 Å². The molecule has 2 aromatic heterocycles. The van der Waals surface area contributed by atoms with Crippen LogP contribution in [0.1, 0.15) is 31.1 Å². The Labute approximate surface area is 207 Å². The van der Waals surface area contributed by atoms with Crippen LogP contribution >= 0.6 is 23.2 Å². The molecule has 10 heteroatoms. The zero-order valence-electron chi connectivity index (χ0n) is 19.0. The van der Waals surface area contributed by atoms with Crippen molar-refractivity contribution in [3.05, 3.63) is 58.2 Å². The highest BCUT2D eigenvalue weighted by molar-refractivity contribution is 6.36. The second kappa shape index (κ2) is 9.00. The van der Waals surface area contributed by atoms with Gasteiger partial charge in [0.25, 0.3) is 0 Å². The van der Waals surface area contributed by atoms with Crippen molar-refractivity contribution in [2.75, 3.05) is 39.1 Å². The minimum atomic E-state index is -0.643. The first-order valence-electron chi connectivity index (χ1n) is 11.1. The molecule has 1 aromatic carbocycles. The lowest BCUT2D eigenvalue weighted by atomic mass is 9.74. The van der Waals surface area contributed by atoms with Crippen LogP contribution in [-0.4, -0.2) is 53.0 Å². The topological polar surface area (TPSA) is 78.4 Å². The lowest BCUT2D eigenvalue weighted by Gasteiger charge is -2.52. The number of aromatic nitrogens is 3. The minimum absolute atomic E-state index is 0.0732. The molecule has 2 atom stereocenters. The normalized spacial score (nSPS) is 20.8. The van der Waals surface area contributed by atoms with E-state index in [1.165, 1.54) is 12.1 Å². The van der Waals surface area contributed by atoms with E-state index in [4.69, 9.17) is 38.4 Å². The van der Waals surface area contributed by atoms with E-state index in [-0.39, 0.29) is 22.3 Å². The Kier molecular flexibility index (Phi) is 6.18. The molecule has 2 unspecified atom stereocenters. The summed E-state index contributed by atoms with van der Waals surface area (Å²) in [7, 11) is 2.15. The summed E-state index contributed by atoms with van der Waals surface area (Å²) in [5.41, 5.74) is 8.25. The summed E-state index contributed by atoms with van der Waals surface area (Å²) in [6.45, 7) is 5.25. The second-order valence-corrected chi connectivity index (χ2v) is 10.0. The van der Waals surface area contributed by atoms with E-state index in [9.17, 15) is 4.39 Å². The van der Waals surface area contributed by atoms with Gasteiger partial charge in [-0.3, -0.25) is 4.68 Å². The molecule has 1 spiro atoms. The molecule has 7 nitrogen and oxygen atoms in total. The number of nitrogens with zero attached hydrogens (tertiary/aromatic N) is 4. The van der Waals surface area contributed by atoms with Gasteiger partial charge < -0.3 is 20.1 Å². The van der Waals surface area contributed by atoms with Gasteiger partial charge in [0.2, 0.25) is 0 Å². The van der Waals surface area contributed by atoms with E-state index in [0.717, 1.165) is 43.9 Å². The van der Waals surface area contributed by atoms with E-state index in [1.54, 1.807) is 19.2 Å². The zero-order chi connectivity index (χ0) is 24.0. The molecule has 34 heavy (non-hydrogen) atoms. The first-order valence-corrected chi connectivity index (χ1v) is 11.9. The Morgan fingerprint density at radius 3 is 2.79 bits per heavy atom. The number of hydrogen-bond donors (Lipinski definition) is 1. The predicted octanol–water partition coefficient (Wildman–Crippen LogP) is 5.01. The molecule has 0 aliphatic carbocycles. The van der Waals surface area contributed by atoms with Gasteiger partial charge in [0.15, 0.2) is 11.6 Å². The number of pyridine rings is 1. The monoisotopic (exact) mass is 505 g/mol. The van der Waals surface area contributed by atoms with Gasteiger partial charge in [-0.15, -0.1) is 0 Å². The Bertz CT molecular complexity index is 1220. The zero-order valence-corrected chi connectivity index (χ0v) is 20.5. The first-order chi connectivity index (χ1) is 16.3. The summed E-state index contributed by atoms with van der Waals surface area (Å²) in [4.78, 5) is 6.66. The predicted molar refractivity (Wildman–Crippen MR) is 130 cm³/mol. The highest BCUT2D eigenvalue weighted by Gasteiger charge is 2.49. The first kappa shape index (κ1) is 23.4. The number of nitrogens with two attached hydrogens (primary N) is 1. The fraction of sp³-hybridized carbons (Fsp3) is 0.417. The molecule has 5 rings (SSSR count). The van der Waals surface area contributed by atoms with Gasteiger partial charge in [-0.2, -0.15) is 5.10 Å². The van der Waals surface area contributed by atoms with E-state index < -0.39 is 11.9 Å². The lowest BCUT2D eigenvalue weighted by Crippen LogP contribution is -2.58. The molecule has 0 saturated carbocycles. The van der Waals surface area contributed by atoms with Crippen LogP contribution < -0.4 is 10.5 Å².